The van der Waals surface area contributed by atoms with Crippen LogP contribution < -0.4 is 0 Å². The summed E-state index contributed by atoms with van der Waals surface area (Å²) in [5.41, 5.74) is 2.74. The molecule has 0 saturated carbocycles. The number of thiazole rings is 1. The second-order valence-electron chi connectivity index (χ2n) is 5.42. The number of carbonyl (C=O) groups excluding carboxylic acids is 2. The molecular formula is C16H15FN2O2S. The van der Waals surface area contributed by atoms with Crippen LogP contribution in [0.4, 0.5) is 4.39 Å². The third-order valence-corrected chi connectivity index (χ3v) is 4.57. The van der Waals surface area contributed by atoms with Crippen molar-refractivity contribution >= 4 is 23.2 Å². The summed E-state index contributed by atoms with van der Waals surface area (Å²) in [6.45, 7) is 3.67. The second kappa shape index (κ2) is 5.61. The molecule has 0 N–H and O–H groups in total. The highest BCUT2D eigenvalue weighted by Gasteiger charge is 2.29. The van der Waals surface area contributed by atoms with Gasteiger partial charge in [0.25, 0.3) is 0 Å². The molecule has 22 heavy (non-hydrogen) atoms. The summed E-state index contributed by atoms with van der Waals surface area (Å²) < 4.78 is 13.7. The van der Waals surface area contributed by atoms with Crippen LogP contribution in [0.25, 0.3) is 11.3 Å². The van der Waals surface area contributed by atoms with E-state index in [1.54, 1.807) is 26.0 Å². The molecule has 3 rings (SSSR count). The van der Waals surface area contributed by atoms with Crippen molar-refractivity contribution < 1.29 is 14.0 Å². The average molecular weight is 318 g/mol. The third-order valence-electron chi connectivity index (χ3n) is 3.73. The average Bonchev–Trinajstić information content (AvgIpc) is 3.06. The molecule has 2 heterocycles. The Labute approximate surface area is 131 Å². The summed E-state index contributed by atoms with van der Waals surface area (Å²) in [6.07, 6.45) is 0.570. The molecule has 4 nitrogen and oxygen atoms in total. The van der Waals surface area contributed by atoms with Gasteiger partial charge in [-0.2, -0.15) is 0 Å². The fraction of sp³-hybridized carbons (Fsp3) is 0.312. The van der Waals surface area contributed by atoms with Crippen molar-refractivity contribution in [3.63, 3.8) is 0 Å². The Hall–Kier alpha value is -2.08. The number of hydrogen-bond donors (Lipinski definition) is 0. The Morgan fingerprint density at radius 1 is 1.18 bits per heavy atom. The van der Waals surface area contributed by atoms with Crippen molar-refractivity contribution in [2.45, 2.75) is 33.2 Å². The number of aromatic nitrogens is 1. The van der Waals surface area contributed by atoms with E-state index in [0.29, 0.717) is 16.1 Å². The molecule has 1 aliphatic heterocycles. The SMILES string of the molecule is Cc1cc(-c2csc(CN3C(=O)CCC3=O)n2)cc(C)c1F. The fourth-order valence-electron chi connectivity index (χ4n) is 2.54. The van der Waals surface area contributed by atoms with Crippen molar-refractivity contribution in [2.24, 2.45) is 0 Å². The smallest absolute Gasteiger partial charge is 0.230 e. The zero-order valence-corrected chi connectivity index (χ0v) is 13.2. The van der Waals surface area contributed by atoms with Crippen molar-refractivity contribution in [3.05, 3.63) is 39.5 Å². The number of imide groups is 1. The summed E-state index contributed by atoms with van der Waals surface area (Å²) in [5, 5.41) is 2.57. The molecule has 114 valence electrons. The lowest BCUT2D eigenvalue weighted by molar-refractivity contribution is -0.139. The van der Waals surface area contributed by atoms with Gasteiger partial charge in [-0.25, -0.2) is 9.37 Å². The topological polar surface area (TPSA) is 50.3 Å². The molecule has 6 heteroatoms. The van der Waals surface area contributed by atoms with Gasteiger partial charge in [-0.15, -0.1) is 11.3 Å². The molecule has 2 amide bonds. The van der Waals surface area contributed by atoms with Crippen molar-refractivity contribution in [2.75, 3.05) is 0 Å². The van der Waals surface area contributed by atoms with Crippen LogP contribution in [0.3, 0.4) is 0 Å². The molecule has 1 fully saturated rings. The number of rotatable bonds is 3. The van der Waals surface area contributed by atoms with Gasteiger partial charge in [-0.1, -0.05) is 0 Å². The first kappa shape index (κ1) is 14.8. The van der Waals surface area contributed by atoms with Gasteiger partial charge in [-0.3, -0.25) is 14.5 Å². The molecule has 1 saturated heterocycles. The Morgan fingerprint density at radius 2 is 1.77 bits per heavy atom. The van der Waals surface area contributed by atoms with Crippen LogP contribution in [0.2, 0.25) is 0 Å². The zero-order valence-electron chi connectivity index (χ0n) is 12.4. The molecule has 1 aliphatic rings. The summed E-state index contributed by atoms with van der Waals surface area (Å²) in [5.74, 6) is -0.488. The van der Waals surface area contributed by atoms with E-state index in [4.69, 9.17) is 0 Å². The lowest BCUT2D eigenvalue weighted by Crippen LogP contribution is -2.28. The molecule has 0 unspecified atom stereocenters. The standard InChI is InChI=1S/C16H15FN2O2S/c1-9-5-11(6-10(2)16(9)17)12-8-22-13(18-12)7-19-14(20)3-4-15(19)21/h5-6,8H,3-4,7H2,1-2H3. The van der Waals surface area contributed by atoms with Gasteiger partial charge in [0.05, 0.1) is 12.2 Å². The van der Waals surface area contributed by atoms with Crippen LogP contribution in [-0.2, 0) is 16.1 Å². The maximum absolute atomic E-state index is 13.7. The number of nitrogens with zero attached hydrogens (tertiary/aromatic N) is 2. The first-order chi connectivity index (χ1) is 10.5. The number of aryl methyl sites for hydroxylation is 2. The number of amides is 2. The van der Waals surface area contributed by atoms with Crippen LogP contribution in [0.5, 0.6) is 0 Å². The summed E-state index contributed by atoms with van der Waals surface area (Å²) >= 11 is 1.40. The Balaban J connectivity index is 1.85. The van der Waals surface area contributed by atoms with E-state index in [2.05, 4.69) is 4.98 Å². The third kappa shape index (κ3) is 2.66. The summed E-state index contributed by atoms with van der Waals surface area (Å²) in [7, 11) is 0. The minimum absolute atomic E-state index is 0.143. The predicted octanol–water partition coefficient (Wildman–Crippen LogP) is 3.22. The molecule has 0 aliphatic carbocycles. The second-order valence-corrected chi connectivity index (χ2v) is 6.37. The number of carbonyl (C=O) groups is 2. The van der Waals surface area contributed by atoms with Gasteiger partial charge in [0.15, 0.2) is 0 Å². The highest BCUT2D eigenvalue weighted by molar-refractivity contribution is 7.09. The van der Waals surface area contributed by atoms with E-state index in [0.717, 1.165) is 11.3 Å². The van der Waals surface area contributed by atoms with Crippen molar-refractivity contribution in [3.8, 4) is 11.3 Å². The number of halogens is 1. The predicted molar refractivity (Wildman–Crippen MR) is 81.8 cm³/mol. The quantitative estimate of drug-likeness (QED) is 0.817. The van der Waals surface area contributed by atoms with E-state index < -0.39 is 0 Å². The lowest BCUT2D eigenvalue weighted by Gasteiger charge is -2.10. The van der Waals surface area contributed by atoms with E-state index in [9.17, 15) is 14.0 Å². The number of hydrogen-bond acceptors (Lipinski definition) is 4. The largest absolute Gasteiger partial charge is 0.276 e. The van der Waals surface area contributed by atoms with Gasteiger partial charge >= 0.3 is 0 Å². The van der Waals surface area contributed by atoms with Crippen LogP contribution in [0.15, 0.2) is 17.5 Å². The molecule has 0 spiro atoms. The first-order valence-corrected chi connectivity index (χ1v) is 7.88. The zero-order chi connectivity index (χ0) is 15.9. The summed E-state index contributed by atoms with van der Waals surface area (Å²) in [6, 6.07) is 3.51. The van der Waals surface area contributed by atoms with E-state index in [1.165, 1.54) is 16.2 Å². The van der Waals surface area contributed by atoms with Crippen LogP contribution in [0.1, 0.15) is 29.0 Å². The van der Waals surface area contributed by atoms with Crippen LogP contribution >= 0.6 is 11.3 Å². The molecule has 0 atom stereocenters. The fourth-order valence-corrected chi connectivity index (χ4v) is 3.34. The summed E-state index contributed by atoms with van der Waals surface area (Å²) in [4.78, 5) is 29.0. The van der Waals surface area contributed by atoms with E-state index in [1.807, 2.05) is 5.38 Å². The van der Waals surface area contributed by atoms with Crippen LogP contribution in [-0.4, -0.2) is 21.7 Å². The molecule has 2 aromatic rings. The monoisotopic (exact) mass is 318 g/mol. The van der Waals surface area contributed by atoms with Gasteiger partial charge in [0, 0.05) is 23.8 Å². The maximum Gasteiger partial charge on any atom is 0.230 e. The Kier molecular flexibility index (Phi) is 3.78. The minimum Gasteiger partial charge on any atom is -0.276 e. The van der Waals surface area contributed by atoms with E-state index in [-0.39, 0.29) is 37.0 Å². The van der Waals surface area contributed by atoms with Crippen LogP contribution in [0, 0.1) is 19.7 Å². The normalized spacial score (nSPS) is 15.0. The number of benzene rings is 1. The lowest BCUT2D eigenvalue weighted by atomic mass is 10.0. The number of likely N-dealkylation sites (tertiary alicyclic amines) is 1. The van der Waals surface area contributed by atoms with Gasteiger partial charge < -0.3 is 0 Å². The maximum atomic E-state index is 13.7. The molecule has 0 radical (unpaired) electrons. The Morgan fingerprint density at radius 3 is 2.36 bits per heavy atom. The van der Waals surface area contributed by atoms with Crippen molar-refractivity contribution in [1.82, 2.24) is 9.88 Å². The highest BCUT2D eigenvalue weighted by Crippen LogP contribution is 2.27. The Bertz CT molecular complexity index is 730. The van der Waals surface area contributed by atoms with Crippen molar-refractivity contribution in [1.29, 1.82) is 0 Å². The molecular weight excluding hydrogens is 303 g/mol. The van der Waals surface area contributed by atoms with Gasteiger partial charge in [-0.05, 0) is 37.1 Å². The molecule has 1 aromatic heterocycles. The van der Waals surface area contributed by atoms with Gasteiger partial charge in [0.2, 0.25) is 11.8 Å². The molecule has 0 bridgehead atoms. The molecule has 1 aromatic carbocycles. The van der Waals surface area contributed by atoms with E-state index >= 15 is 0 Å². The first-order valence-electron chi connectivity index (χ1n) is 7.00. The van der Waals surface area contributed by atoms with Gasteiger partial charge in [0.1, 0.15) is 10.8 Å². The minimum atomic E-state index is -0.201. The highest BCUT2D eigenvalue weighted by atomic mass is 32.1.